The average molecular weight is 355 g/mol. The van der Waals surface area contributed by atoms with Gasteiger partial charge < -0.3 is 20.3 Å². The Morgan fingerprint density at radius 3 is 2.81 bits per heavy atom. The first-order chi connectivity index (χ1) is 10.1. The number of carbonyl (C=O) groups excluding carboxylic acids is 1. The molecule has 0 aliphatic heterocycles. The number of aromatic nitrogens is 2. The third-order valence-electron chi connectivity index (χ3n) is 2.51. The van der Waals surface area contributed by atoms with Gasteiger partial charge in [-0.1, -0.05) is 5.16 Å². The fraction of sp³-hybridized carbons (Fsp3) is 0.167. The van der Waals surface area contributed by atoms with Crippen LogP contribution in [0.3, 0.4) is 0 Å². The van der Waals surface area contributed by atoms with E-state index in [1.54, 1.807) is 0 Å². The minimum atomic E-state index is -1.04. The molecule has 2 amide bonds. The van der Waals surface area contributed by atoms with Gasteiger partial charge in [-0.25, -0.2) is 9.59 Å². The van der Waals surface area contributed by atoms with E-state index in [1.807, 2.05) is 0 Å². The second-order valence-electron chi connectivity index (χ2n) is 3.98. The van der Waals surface area contributed by atoms with Gasteiger partial charge in [-0.15, -0.1) is 0 Å². The number of nitrogens with one attached hydrogen (secondary N) is 2. The van der Waals surface area contributed by atoms with E-state index < -0.39 is 12.0 Å². The quantitative estimate of drug-likeness (QED) is 0.754. The summed E-state index contributed by atoms with van der Waals surface area (Å²) in [6.45, 7) is 0.343. The van der Waals surface area contributed by atoms with Crippen molar-refractivity contribution >= 4 is 33.6 Å². The molecule has 0 saturated heterocycles. The molecule has 0 unspecified atom stereocenters. The predicted molar refractivity (Wildman–Crippen MR) is 76.1 cm³/mol. The van der Waals surface area contributed by atoms with Crippen LogP contribution in [0.25, 0.3) is 0 Å². The molecule has 0 saturated carbocycles. The van der Waals surface area contributed by atoms with Crippen LogP contribution >= 0.6 is 15.9 Å². The first-order valence-electron chi connectivity index (χ1n) is 5.89. The maximum atomic E-state index is 11.7. The van der Waals surface area contributed by atoms with E-state index in [4.69, 9.17) is 5.11 Å². The molecule has 0 aliphatic rings. The van der Waals surface area contributed by atoms with E-state index in [2.05, 4.69) is 41.2 Å². The van der Waals surface area contributed by atoms with E-state index in [-0.39, 0.29) is 5.56 Å². The van der Waals surface area contributed by atoms with Crippen molar-refractivity contribution in [1.29, 1.82) is 0 Å². The number of aromatic carboxylic acids is 1. The van der Waals surface area contributed by atoms with Gasteiger partial charge in [-0.3, -0.25) is 0 Å². The minimum absolute atomic E-state index is 0.130. The molecule has 0 atom stereocenters. The lowest BCUT2D eigenvalue weighted by atomic mass is 10.2. The maximum Gasteiger partial charge on any atom is 0.335 e. The van der Waals surface area contributed by atoms with E-state index in [0.717, 1.165) is 0 Å². The molecule has 0 aliphatic carbocycles. The lowest BCUT2D eigenvalue weighted by molar-refractivity contribution is 0.0697. The summed E-state index contributed by atoms with van der Waals surface area (Å²) in [6.07, 6.45) is 1.67. The Balaban J connectivity index is 1.86. The Labute approximate surface area is 127 Å². The van der Waals surface area contributed by atoms with E-state index in [0.29, 0.717) is 29.0 Å². The van der Waals surface area contributed by atoms with Crippen LogP contribution in [-0.4, -0.2) is 33.8 Å². The Kier molecular flexibility index (Phi) is 4.88. The highest BCUT2D eigenvalue weighted by Gasteiger charge is 2.09. The second kappa shape index (κ2) is 6.84. The molecule has 110 valence electrons. The molecule has 1 heterocycles. The number of hydrogen-bond donors (Lipinski definition) is 3. The highest BCUT2D eigenvalue weighted by molar-refractivity contribution is 9.10. The Bertz CT molecular complexity index is 645. The summed E-state index contributed by atoms with van der Waals surface area (Å²) in [4.78, 5) is 26.3. The van der Waals surface area contributed by atoms with Crippen molar-refractivity contribution in [2.45, 2.75) is 6.42 Å². The molecular weight excluding hydrogens is 344 g/mol. The summed E-state index contributed by atoms with van der Waals surface area (Å²) < 4.78 is 5.05. The van der Waals surface area contributed by atoms with Crippen molar-refractivity contribution in [1.82, 2.24) is 15.5 Å². The number of halogens is 1. The molecule has 8 nitrogen and oxygen atoms in total. The number of anilines is 1. The summed E-state index contributed by atoms with van der Waals surface area (Å²) in [5, 5.41) is 17.7. The van der Waals surface area contributed by atoms with Gasteiger partial charge in [0.1, 0.15) is 0 Å². The fourth-order valence-electron chi connectivity index (χ4n) is 1.51. The molecule has 21 heavy (non-hydrogen) atoms. The fourth-order valence-corrected chi connectivity index (χ4v) is 1.98. The lowest BCUT2D eigenvalue weighted by Gasteiger charge is -2.09. The number of carbonyl (C=O) groups is 2. The summed E-state index contributed by atoms with van der Waals surface area (Å²) in [6, 6.07) is 3.91. The van der Waals surface area contributed by atoms with Gasteiger partial charge in [0.2, 0.25) is 6.39 Å². The molecule has 2 aromatic rings. The highest BCUT2D eigenvalue weighted by atomic mass is 79.9. The minimum Gasteiger partial charge on any atom is -0.478 e. The van der Waals surface area contributed by atoms with Gasteiger partial charge in [0.25, 0.3) is 0 Å². The predicted octanol–water partition coefficient (Wildman–Crippen LogP) is 1.89. The Morgan fingerprint density at radius 2 is 2.19 bits per heavy atom. The van der Waals surface area contributed by atoms with Crippen molar-refractivity contribution in [3.63, 3.8) is 0 Å². The zero-order chi connectivity index (χ0) is 15.2. The van der Waals surface area contributed by atoms with Crippen LogP contribution in [0.5, 0.6) is 0 Å². The molecule has 0 bridgehead atoms. The first kappa shape index (κ1) is 15.0. The molecule has 1 aromatic carbocycles. The molecule has 0 spiro atoms. The summed E-state index contributed by atoms with van der Waals surface area (Å²) in [5.74, 6) is -0.533. The standard InChI is InChI=1S/C12H11BrN4O4/c13-8-5-7(11(18)19)1-2-9(8)16-12(20)14-4-3-10-15-6-21-17-10/h1-2,5-6H,3-4H2,(H,18,19)(H2,14,16,20). The summed E-state index contributed by atoms with van der Waals surface area (Å²) in [5.41, 5.74) is 0.599. The number of rotatable bonds is 5. The van der Waals surface area contributed by atoms with Crippen molar-refractivity contribution in [2.75, 3.05) is 11.9 Å². The number of carboxylic acid groups (broad SMARTS) is 1. The van der Waals surface area contributed by atoms with Gasteiger partial charge in [0.15, 0.2) is 5.82 Å². The first-order valence-corrected chi connectivity index (χ1v) is 6.68. The van der Waals surface area contributed by atoms with Crippen LogP contribution in [-0.2, 0) is 6.42 Å². The van der Waals surface area contributed by atoms with Gasteiger partial charge in [-0.05, 0) is 34.1 Å². The number of benzene rings is 1. The number of amides is 2. The third-order valence-corrected chi connectivity index (χ3v) is 3.16. The molecule has 1 aromatic heterocycles. The maximum absolute atomic E-state index is 11.7. The smallest absolute Gasteiger partial charge is 0.335 e. The van der Waals surface area contributed by atoms with Gasteiger partial charge in [-0.2, -0.15) is 4.98 Å². The van der Waals surface area contributed by atoms with Crippen LogP contribution in [0.4, 0.5) is 10.5 Å². The van der Waals surface area contributed by atoms with E-state index >= 15 is 0 Å². The Hall–Kier alpha value is -2.42. The number of urea groups is 1. The van der Waals surface area contributed by atoms with Crippen LogP contribution in [0, 0.1) is 0 Å². The third kappa shape index (κ3) is 4.28. The molecule has 0 radical (unpaired) electrons. The monoisotopic (exact) mass is 354 g/mol. The zero-order valence-corrected chi connectivity index (χ0v) is 12.3. The van der Waals surface area contributed by atoms with Crippen LogP contribution < -0.4 is 10.6 Å². The molecular formula is C12H11BrN4O4. The number of nitrogens with zero attached hydrogens (tertiary/aromatic N) is 2. The number of hydrogen-bond acceptors (Lipinski definition) is 5. The summed E-state index contributed by atoms with van der Waals surface area (Å²) in [7, 11) is 0. The lowest BCUT2D eigenvalue weighted by Crippen LogP contribution is -2.30. The topological polar surface area (TPSA) is 117 Å². The van der Waals surface area contributed by atoms with E-state index in [9.17, 15) is 9.59 Å². The second-order valence-corrected chi connectivity index (χ2v) is 4.83. The molecule has 3 N–H and O–H groups in total. The summed E-state index contributed by atoms with van der Waals surface area (Å²) >= 11 is 3.21. The van der Waals surface area contributed by atoms with Crippen molar-refractivity contribution in [3.05, 3.63) is 40.5 Å². The zero-order valence-electron chi connectivity index (χ0n) is 10.7. The van der Waals surface area contributed by atoms with Crippen LogP contribution in [0.15, 0.2) is 33.6 Å². The van der Waals surface area contributed by atoms with Gasteiger partial charge in [0.05, 0.1) is 11.3 Å². The highest BCUT2D eigenvalue weighted by Crippen LogP contribution is 2.23. The largest absolute Gasteiger partial charge is 0.478 e. The van der Waals surface area contributed by atoms with Crippen LogP contribution in [0.1, 0.15) is 16.2 Å². The molecule has 9 heteroatoms. The number of carboxylic acids is 1. The normalized spacial score (nSPS) is 10.1. The van der Waals surface area contributed by atoms with Crippen molar-refractivity contribution in [2.24, 2.45) is 0 Å². The van der Waals surface area contributed by atoms with Gasteiger partial charge in [0, 0.05) is 17.4 Å². The Morgan fingerprint density at radius 1 is 1.38 bits per heavy atom. The van der Waals surface area contributed by atoms with Crippen LogP contribution in [0.2, 0.25) is 0 Å². The van der Waals surface area contributed by atoms with Crippen molar-refractivity contribution < 1.29 is 19.2 Å². The molecule has 2 rings (SSSR count). The van der Waals surface area contributed by atoms with Gasteiger partial charge >= 0.3 is 12.0 Å². The average Bonchev–Trinajstić information content (AvgIpc) is 2.94. The van der Waals surface area contributed by atoms with Crippen molar-refractivity contribution in [3.8, 4) is 0 Å². The van der Waals surface area contributed by atoms with E-state index in [1.165, 1.54) is 24.6 Å². The molecule has 0 fully saturated rings. The SMILES string of the molecule is O=C(NCCc1ncon1)Nc1ccc(C(=O)O)cc1Br.